The molecule has 1 aromatic heterocycles. The molecule has 0 aliphatic heterocycles. The van der Waals surface area contributed by atoms with Gasteiger partial charge in [0.05, 0.1) is 0 Å². The molecule has 0 atom stereocenters. The zero-order chi connectivity index (χ0) is 9.68. The Morgan fingerprint density at radius 3 is 2.69 bits per heavy atom. The lowest BCUT2D eigenvalue weighted by Crippen LogP contribution is -2.15. The van der Waals surface area contributed by atoms with Crippen molar-refractivity contribution in [1.29, 1.82) is 0 Å². The number of ketones is 2. The highest BCUT2D eigenvalue weighted by Gasteiger charge is 2.12. The van der Waals surface area contributed by atoms with E-state index in [0.717, 1.165) is 12.0 Å². The normalized spacial score (nSPS) is 9.92. The summed E-state index contributed by atoms with van der Waals surface area (Å²) in [6.45, 7) is 1.89. The van der Waals surface area contributed by atoms with Gasteiger partial charge in [-0.25, -0.2) is 0 Å². The van der Waals surface area contributed by atoms with Gasteiger partial charge < -0.3 is 4.98 Å². The van der Waals surface area contributed by atoms with Gasteiger partial charge in [-0.1, -0.05) is 6.92 Å². The third-order valence-electron chi connectivity index (χ3n) is 1.82. The number of carbonyl (C=O) groups excluding carboxylic acids is 2. The Hall–Kier alpha value is -1.38. The van der Waals surface area contributed by atoms with E-state index in [2.05, 4.69) is 4.98 Å². The lowest BCUT2D eigenvalue weighted by atomic mass is 10.1. The Morgan fingerprint density at radius 2 is 2.15 bits per heavy atom. The van der Waals surface area contributed by atoms with Gasteiger partial charge in [0, 0.05) is 25.2 Å². The maximum Gasteiger partial charge on any atom is 0.202 e. The Bertz CT molecular complexity index is 288. The molecule has 0 aliphatic carbocycles. The fraction of sp³-hybridized carbons (Fsp3) is 0.400. The number of hydrogen-bond donors (Lipinski definition) is 1. The molecule has 3 heteroatoms. The van der Waals surface area contributed by atoms with E-state index >= 15 is 0 Å². The van der Waals surface area contributed by atoms with Crippen LogP contribution in [0, 0.1) is 0 Å². The number of carbonyl (C=O) groups is 2. The smallest absolute Gasteiger partial charge is 0.202 e. The molecule has 0 saturated heterocycles. The van der Waals surface area contributed by atoms with Crippen LogP contribution in [0.1, 0.15) is 25.3 Å². The van der Waals surface area contributed by atoms with E-state index in [-0.39, 0.29) is 18.0 Å². The van der Waals surface area contributed by atoms with Gasteiger partial charge in [0.1, 0.15) is 0 Å². The molecule has 0 aromatic carbocycles. The van der Waals surface area contributed by atoms with E-state index in [4.69, 9.17) is 0 Å². The Kier molecular flexibility index (Phi) is 3.43. The van der Waals surface area contributed by atoms with Gasteiger partial charge in [-0.15, -0.1) is 0 Å². The van der Waals surface area contributed by atoms with Crippen molar-refractivity contribution in [3.8, 4) is 0 Å². The van der Waals surface area contributed by atoms with Gasteiger partial charge in [0.2, 0.25) is 5.78 Å². The van der Waals surface area contributed by atoms with Crippen molar-refractivity contribution in [2.75, 3.05) is 0 Å². The maximum absolute atomic E-state index is 11.2. The fourth-order valence-electron chi connectivity index (χ4n) is 1.12. The molecule has 1 aromatic rings. The van der Waals surface area contributed by atoms with E-state index in [1.54, 1.807) is 18.5 Å². The second-order valence-electron chi connectivity index (χ2n) is 2.99. The van der Waals surface area contributed by atoms with E-state index in [0.29, 0.717) is 6.42 Å². The quantitative estimate of drug-likeness (QED) is 0.696. The predicted molar refractivity (Wildman–Crippen MR) is 49.4 cm³/mol. The van der Waals surface area contributed by atoms with Crippen LogP contribution in [-0.2, 0) is 16.0 Å². The van der Waals surface area contributed by atoms with Gasteiger partial charge in [-0.3, -0.25) is 9.59 Å². The van der Waals surface area contributed by atoms with Crippen LogP contribution < -0.4 is 0 Å². The summed E-state index contributed by atoms with van der Waals surface area (Å²) in [6.07, 6.45) is 4.80. The maximum atomic E-state index is 11.2. The van der Waals surface area contributed by atoms with Crippen LogP contribution in [0.15, 0.2) is 18.5 Å². The molecular weight excluding hydrogens is 166 g/mol. The van der Waals surface area contributed by atoms with Crippen molar-refractivity contribution < 1.29 is 9.59 Å². The van der Waals surface area contributed by atoms with Crippen molar-refractivity contribution in [2.45, 2.75) is 26.2 Å². The average molecular weight is 179 g/mol. The van der Waals surface area contributed by atoms with Crippen LogP contribution in [-0.4, -0.2) is 16.6 Å². The second kappa shape index (κ2) is 4.60. The van der Waals surface area contributed by atoms with Gasteiger partial charge >= 0.3 is 0 Å². The summed E-state index contributed by atoms with van der Waals surface area (Å²) in [7, 11) is 0. The molecule has 0 radical (unpaired) electrons. The number of hydrogen-bond acceptors (Lipinski definition) is 2. The van der Waals surface area contributed by atoms with Gasteiger partial charge in [-0.05, 0) is 18.1 Å². The minimum Gasteiger partial charge on any atom is -0.367 e. The topological polar surface area (TPSA) is 49.9 Å². The summed E-state index contributed by atoms with van der Waals surface area (Å²) < 4.78 is 0. The molecule has 13 heavy (non-hydrogen) atoms. The average Bonchev–Trinajstić information content (AvgIpc) is 2.57. The summed E-state index contributed by atoms with van der Waals surface area (Å²) in [5.41, 5.74) is 0.870. The van der Waals surface area contributed by atoms with Crippen LogP contribution in [0.5, 0.6) is 0 Å². The zero-order valence-electron chi connectivity index (χ0n) is 7.67. The van der Waals surface area contributed by atoms with Crippen molar-refractivity contribution in [2.24, 2.45) is 0 Å². The van der Waals surface area contributed by atoms with Crippen LogP contribution in [0.25, 0.3) is 0 Å². The van der Waals surface area contributed by atoms with Crippen LogP contribution >= 0.6 is 0 Å². The van der Waals surface area contributed by atoms with Crippen LogP contribution in [0.2, 0.25) is 0 Å². The summed E-state index contributed by atoms with van der Waals surface area (Å²) in [5, 5.41) is 0. The van der Waals surface area contributed by atoms with E-state index in [1.807, 2.05) is 6.92 Å². The summed E-state index contributed by atoms with van der Waals surface area (Å²) >= 11 is 0. The highest BCUT2D eigenvalue weighted by Crippen LogP contribution is 2.01. The third-order valence-corrected chi connectivity index (χ3v) is 1.82. The van der Waals surface area contributed by atoms with Crippen LogP contribution in [0.4, 0.5) is 0 Å². The number of aromatic nitrogens is 1. The molecule has 0 fully saturated rings. The number of rotatable bonds is 5. The monoisotopic (exact) mass is 179 g/mol. The first-order valence-corrected chi connectivity index (χ1v) is 4.41. The Balaban J connectivity index is 2.46. The molecule has 0 aliphatic rings. The lowest BCUT2D eigenvalue weighted by Gasteiger charge is -1.95. The number of nitrogens with one attached hydrogen (secondary N) is 1. The summed E-state index contributed by atoms with van der Waals surface area (Å²) in [4.78, 5) is 25.2. The van der Waals surface area contributed by atoms with Gasteiger partial charge in [0.25, 0.3) is 0 Å². The number of Topliss-reactive ketones (excluding diaryl/α,β-unsaturated/α-hetero) is 2. The molecular formula is C10H13NO2. The number of aromatic amines is 1. The highest BCUT2D eigenvalue weighted by atomic mass is 16.2. The zero-order valence-corrected chi connectivity index (χ0v) is 7.67. The molecule has 0 saturated carbocycles. The molecule has 70 valence electrons. The second-order valence-corrected chi connectivity index (χ2v) is 2.99. The minimum atomic E-state index is -0.290. The first kappa shape index (κ1) is 9.71. The van der Waals surface area contributed by atoms with E-state index < -0.39 is 0 Å². The van der Waals surface area contributed by atoms with Crippen molar-refractivity contribution in [3.63, 3.8) is 0 Å². The number of H-pyrrole nitrogens is 1. The molecule has 0 unspecified atom stereocenters. The summed E-state index contributed by atoms with van der Waals surface area (Å²) in [6, 6.07) is 1.80. The Labute approximate surface area is 77.2 Å². The first-order valence-electron chi connectivity index (χ1n) is 4.41. The van der Waals surface area contributed by atoms with Crippen molar-refractivity contribution >= 4 is 11.6 Å². The predicted octanol–water partition coefficient (Wildman–Crippen LogP) is 1.50. The highest BCUT2D eigenvalue weighted by molar-refractivity contribution is 6.37. The summed E-state index contributed by atoms with van der Waals surface area (Å²) in [5.74, 6) is -0.551. The Morgan fingerprint density at radius 1 is 1.38 bits per heavy atom. The van der Waals surface area contributed by atoms with E-state index in [9.17, 15) is 9.59 Å². The largest absolute Gasteiger partial charge is 0.367 e. The van der Waals surface area contributed by atoms with Crippen molar-refractivity contribution in [3.05, 3.63) is 24.0 Å². The van der Waals surface area contributed by atoms with Gasteiger partial charge in [0.15, 0.2) is 5.78 Å². The molecule has 3 nitrogen and oxygen atoms in total. The standard InChI is InChI=1S/C10H13NO2/c1-2-3-9(12)10(13)6-8-4-5-11-7-8/h4-5,7,11H,2-3,6H2,1H3. The van der Waals surface area contributed by atoms with Crippen molar-refractivity contribution in [1.82, 2.24) is 4.98 Å². The molecule has 1 rings (SSSR count). The SMILES string of the molecule is CCCC(=O)C(=O)Cc1cc[nH]c1. The van der Waals surface area contributed by atoms with Crippen LogP contribution in [0.3, 0.4) is 0 Å². The first-order chi connectivity index (χ1) is 6.24. The van der Waals surface area contributed by atoms with E-state index in [1.165, 1.54) is 0 Å². The molecule has 1 N–H and O–H groups in total. The molecule has 1 heterocycles. The lowest BCUT2D eigenvalue weighted by molar-refractivity contribution is -0.136. The third kappa shape index (κ3) is 2.86. The fourth-order valence-corrected chi connectivity index (χ4v) is 1.12. The minimum absolute atomic E-state index is 0.225. The molecule has 0 amide bonds. The molecule has 0 bridgehead atoms. The van der Waals surface area contributed by atoms with Gasteiger partial charge in [-0.2, -0.15) is 0 Å². The molecule has 0 spiro atoms.